The van der Waals surface area contributed by atoms with Crippen LogP contribution in [0.3, 0.4) is 0 Å². The number of thiazole rings is 1. The molecular formula is C18H22ClN3O4S. The van der Waals surface area contributed by atoms with Gasteiger partial charge in [0.2, 0.25) is 0 Å². The molecule has 0 saturated carbocycles. The first-order valence-corrected chi connectivity index (χ1v) is 9.92. The van der Waals surface area contributed by atoms with Crippen LogP contribution < -0.4 is 14.8 Å². The number of aromatic nitrogens is 1. The Bertz CT molecular complexity index is 793. The second kappa shape index (κ2) is 9.36. The van der Waals surface area contributed by atoms with Crippen molar-refractivity contribution in [2.45, 2.75) is 13.5 Å². The number of hydrogen-bond donors (Lipinski definition) is 1. The smallest absolute Gasteiger partial charge is 0.257 e. The number of nitrogens with zero attached hydrogens (tertiary/aromatic N) is 2. The summed E-state index contributed by atoms with van der Waals surface area (Å²) in [6.07, 6.45) is 0. The maximum Gasteiger partial charge on any atom is 0.257 e. The Hall–Kier alpha value is -1.87. The Labute approximate surface area is 167 Å². The molecule has 7 nitrogen and oxygen atoms in total. The van der Waals surface area contributed by atoms with Gasteiger partial charge < -0.3 is 14.2 Å². The average molecular weight is 412 g/mol. The van der Waals surface area contributed by atoms with Gasteiger partial charge in [-0.2, -0.15) is 0 Å². The monoisotopic (exact) mass is 411 g/mol. The third kappa shape index (κ3) is 5.10. The molecule has 2 aromatic rings. The van der Waals surface area contributed by atoms with E-state index in [4.69, 9.17) is 25.8 Å². The fraction of sp³-hybridized carbons (Fsp3) is 0.444. The van der Waals surface area contributed by atoms with Crippen LogP contribution in [0.1, 0.15) is 23.0 Å². The topological polar surface area (TPSA) is 72.9 Å². The molecule has 1 aliphatic rings. The summed E-state index contributed by atoms with van der Waals surface area (Å²) < 4.78 is 16.1. The van der Waals surface area contributed by atoms with E-state index in [2.05, 4.69) is 15.2 Å². The number of halogens is 1. The molecule has 0 unspecified atom stereocenters. The van der Waals surface area contributed by atoms with Crippen molar-refractivity contribution < 1.29 is 19.0 Å². The molecule has 9 heteroatoms. The highest BCUT2D eigenvalue weighted by Gasteiger charge is 2.17. The molecule has 1 fully saturated rings. The summed E-state index contributed by atoms with van der Waals surface area (Å²) in [6, 6.07) is 3.17. The molecule has 0 atom stereocenters. The van der Waals surface area contributed by atoms with Crippen LogP contribution in [-0.2, 0) is 11.3 Å². The lowest BCUT2D eigenvalue weighted by Crippen LogP contribution is -2.35. The molecule has 1 aliphatic heterocycles. The van der Waals surface area contributed by atoms with E-state index in [1.54, 1.807) is 12.1 Å². The molecule has 1 saturated heterocycles. The maximum atomic E-state index is 12.6. The molecule has 1 amide bonds. The van der Waals surface area contributed by atoms with Crippen molar-refractivity contribution in [3.05, 3.63) is 33.8 Å². The van der Waals surface area contributed by atoms with Crippen LogP contribution in [0.15, 0.2) is 17.5 Å². The van der Waals surface area contributed by atoms with Gasteiger partial charge in [-0.3, -0.25) is 15.0 Å². The number of rotatable bonds is 7. The van der Waals surface area contributed by atoms with E-state index >= 15 is 0 Å². The van der Waals surface area contributed by atoms with E-state index in [1.807, 2.05) is 12.3 Å². The Morgan fingerprint density at radius 1 is 1.41 bits per heavy atom. The third-order valence-corrected chi connectivity index (χ3v) is 5.13. The Morgan fingerprint density at radius 3 is 2.89 bits per heavy atom. The zero-order chi connectivity index (χ0) is 19.2. The van der Waals surface area contributed by atoms with Crippen molar-refractivity contribution in [3.8, 4) is 11.5 Å². The van der Waals surface area contributed by atoms with Gasteiger partial charge in [0.15, 0.2) is 16.6 Å². The molecule has 3 rings (SSSR count). The number of carbonyl (C=O) groups excluding carboxylic acids is 1. The fourth-order valence-electron chi connectivity index (χ4n) is 2.73. The average Bonchev–Trinajstić information content (AvgIpc) is 3.10. The predicted octanol–water partition coefficient (Wildman–Crippen LogP) is 3.29. The van der Waals surface area contributed by atoms with Crippen LogP contribution in [0.5, 0.6) is 11.5 Å². The lowest BCUT2D eigenvalue weighted by atomic mass is 10.2. The number of hydrogen-bond acceptors (Lipinski definition) is 7. The van der Waals surface area contributed by atoms with E-state index in [0.29, 0.717) is 33.8 Å². The second-order valence-corrected chi connectivity index (χ2v) is 7.17. The van der Waals surface area contributed by atoms with E-state index < -0.39 is 0 Å². The first-order chi connectivity index (χ1) is 13.1. The molecular weight excluding hydrogens is 390 g/mol. The highest BCUT2D eigenvalue weighted by atomic mass is 35.5. The standard InChI is InChI=1S/C18H22ClN3O4S/c1-3-26-16-14(19)8-12(9-15(16)24-2)17(23)21-18-20-13(11-27-18)10-22-4-6-25-7-5-22/h8-9,11H,3-7,10H2,1-2H3,(H,20,21,23). The van der Waals surface area contributed by atoms with Gasteiger partial charge in [-0.05, 0) is 19.1 Å². The number of benzene rings is 1. The van der Waals surface area contributed by atoms with Gasteiger partial charge in [0, 0.05) is 30.6 Å². The molecule has 1 N–H and O–H groups in total. The van der Waals surface area contributed by atoms with Gasteiger partial charge in [-0.1, -0.05) is 11.6 Å². The van der Waals surface area contributed by atoms with Crippen LogP contribution in [0.4, 0.5) is 5.13 Å². The maximum absolute atomic E-state index is 12.6. The van der Waals surface area contributed by atoms with E-state index in [-0.39, 0.29) is 5.91 Å². The number of carbonyl (C=O) groups is 1. The molecule has 0 bridgehead atoms. The van der Waals surface area contributed by atoms with Crippen LogP contribution >= 0.6 is 22.9 Å². The Morgan fingerprint density at radius 2 is 2.19 bits per heavy atom. The zero-order valence-electron chi connectivity index (χ0n) is 15.3. The number of ether oxygens (including phenoxy) is 3. The van der Waals surface area contributed by atoms with Crippen molar-refractivity contribution in [2.24, 2.45) is 0 Å². The minimum Gasteiger partial charge on any atom is -0.493 e. The van der Waals surface area contributed by atoms with Gasteiger partial charge in [0.05, 0.1) is 37.6 Å². The van der Waals surface area contributed by atoms with E-state index in [0.717, 1.165) is 38.5 Å². The third-order valence-electron chi connectivity index (χ3n) is 4.04. The van der Waals surface area contributed by atoms with Crippen molar-refractivity contribution in [1.29, 1.82) is 0 Å². The lowest BCUT2D eigenvalue weighted by Gasteiger charge is -2.25. The number of nitrogens with one attached hydrogen (secondary N) is 1. The molecule has 0 radical (unpaired) electrons. The highest BCUT2D eigenvalue weighted by molar-refractivity contribution is 7.14. The van der Waals surface area contributed by atoms with Gasteiger partial charge >= 0.3 is 0 Å². The molecule has 1 aromatic heterocycles. The highest BCUT2D eigenvalue weighted by Crippen LogP contribution is 2.36. The number of morpholine rings is 1. The van der Waals surface area contributed by atoms with E-state index in [1.165, 1.54) is 18.4 Å². The quantitative estimate of drug-likeness (QED) is 0.753. The van der Waals surface area contributed by atoms with Gasteiger partial charge in [0.1, 0.15) is 0 Å². The zero-order valence-corrected chi connectivity index (χ0v) is 16.9. The largest absolute Gasteiger partial charge is 0.493 e. The predicted molar refractivity (Wildman–Crippen MR) is 105 cm³/mol. The van der Waals surface area contributed by atoms with Crippen molar-refractivity contribution in [2.75, 3.05) is 45.3 Å². The summed E-state index contributed by atoms with van der Waals surface area (Å²) in [7, 11) is 1.51. The number of amides is 1. The minimum absolute atomic E-state index is 0.300. The number of methoxy groups -OCH3 is 1. The van der Waals surface area contributed by atoms with Crippen molar-refractivity contribution >= 4 is 34.0 Å². The van der Waals surface area contributed by atoms with E-state index in [9.17, 15) is 4.79 Å². The normalized spacial score (nSPS) is 14.8. The summed E-state index contributed by atoms with van der Waals surface area (Å²) in [5, 5.41) is 5.65. The molecule has 27 heavy (non-hydrogen) atoms. The van der Waals surface area contributed by atoms with Crippen LogP contribution in [0.25, 0.3) is 0 Å². The first-order valence-electron chi connectivity index (χ1n) is 8.67. The minimum atomic E-state index is -0.300. The van der Waals surface area contributed by atoms with Crippen molar-refractivity contribution in [3.63, 3.8) is 0 Å². The SMILES string of the molecule is CCOc1c(Cl)cc(C(=O)Nc2nc(CN3CCOCC3)cs2)cc1OC. The van der Waals surface area contributed by atoms with Gasteiger partial charge in [-0.25, -0.2) is 4.98 Å². The molecule has 146 valence electrons. The van der Waals surface area contributed by atoms with Crippen LogP contribution in [0.2, 0.25) is 5.02 Å². The molecule has 1 aromatic carbocycles. The van der Waals surface area contributed by atoms with Crippen LogP contribution in [0, 0.1) is 0 Å². The Kier molecular flexibility index (Phi) is 6.89. The van der Waals surface area contributed by atoms with Crippen LogP contribution in [-0.4, -0.2) is 55.8 Å². The molecule has 0 spiro atoms. The number of anilines is 1. The summed E-state index contributed by atoms with van der Waals surface area (Å²) in [5.74, 6) is 0.549. The molecule has 0 aliphatic carbocycles. The van der Waals surface area contributed by atoms with Crippen molar-refractivity contribution in [1.82, 2.24) is 9.88 Å². The lowest BCUT2D eigenvalue weighted by molar-refractivity contribution is 0.0337. The molecule has 2 heterocycles. The summed E-state index contributed by atoms with van der Waals surface area (Å²) >= 11 is 7.63. The van der Waals surface area contributed by atoms with Gasteiger partial charge in [0.25, 0.3) is 5.91 Å². The fourth-order valence-corrected chi connectivity index (χ4v) is 3.69. The second-order valence-electron chi connectivity index (χ2n) is 5.91. The summed E-state index contributed by atoms with van der Waals surface area (Å²) in [5.41, 5.74) is 1.31. The van der Waals surface area contributed by atoms with Gasteiger partial charge in [-0.15, -0.1) is 11.3 Å². The Balaban J connectivity index is 1.67. The summed E-state index contributed by atoms with van der Waals surface area (Å²) in [4.78, 5) is 19.4. The first kappa shape index (κ1) is 19.9. The summed E-state index contributed by atoms with van der Waals surface area (Å²) in [6.45, 7) is 6.33.